The van der Waals surface area contributed by atoms with Crippen molar-refractivity contribution >= 4 is 41.2 Å². The lowest BCUT2D eigenvalue weighted by Crippen LogP contribution is -2.42. The number of imidazole rings is 1. The Morgan fingerprint density at radius 3 is 1.97 bits per heavy atom. The van der Waals surface area contributed by atoms with Crippen LogP contribution < -0.4 is 25.6 Å². The summed E-state index contributed by atoms with van der Waals surface area (Å²) in [5.74, 6) is 0.679. The van der Waals surface area contributed by atoms with E-state index in [2.05, 4.69) is 64.1 Å². The molecule has 0 fully saturated rings. The number of aromatic nitrogens is 4. The molecular weight excluding hydrogens is 747 g/mol. The van der Waals surface area contributed by atoms with Crippen LogP contribution in [0.2, 0.25) is 0 Å². The SMILES string of the molecule is CCn1c2c([n+](CC)c1C=CC1=C(N(c3ccccc3)c3ccccc3)C(=CC=c3n(CC)c4c(O)c5c(c(=O)c=4n3CC)=CCCC5)C=C1)C(=O)c1ccccc1C2=O. The van der Waals surface area contributed by atoms with E-state index in [4.69, 9.17) is 0 Å². The topological polar surface area (TPSA) is 93.3 Å². The van der Waals surface area contributed by atoms with Crippen molar-refractivity contribution in [2.75, 3.05) is 4.90 Å². The van der Waals surface area contributed by atoms with E-state index in [1.807, 2.05) is 89.9 Å². The van der Waals surface area contributed by atoms with Gasteiger partial charge in [0.2, 0.25) is 28.4 Å². The predicted molar refractivity (Wildman–Crippen MR) is 236 cm³/mol. The quantitative estimate of drug-likeness (QED) is 0.148. The number of hydrogen-bond acceptors (Lipinski definition) is 5. The Kier molecular flexibility index (Phi) is 10.0. The number of carbonyl (C=O) groups excluding carboxylic acids is 2. The Hall–Kier alpha value is -7.00. The summed E-state index contributed by atoms with van der Waals surface area (Å²) in [7, 11) is 0. The molecule has 4 aromatic rings. The van der Waals surface area contributed by atoms with Crippen LogP contribution in [0.15, 0.2) is 131 Å². The number of hydrogen-bond donors (Lipinski definition) is 1. The fourth-order valence-electron chi connectivity index (χ4n) is 9.42. The first kappa shape index (κ1) is 38.5. The van der Waals surface area contributed by atoms with Gasteiger partial charge in [0, 0.05) is 52.4 Å². The van der Waals surface area contributed by atoms with Crippen LogP contribution in [-0.2, 0) is 32.6 Å². The summed E-state index contributed by atoms with van der Waals surface area (Å²) >= 11 is 0. The molecule has 1 N–H and O–H groups in total. The van der Waals surface area contributed by atoms with Crippen LogP contribution in [0.3, 0.4) is 0 Å². The molecule has 0 unspecified atom stereocenters. The van der Waals surface area contributed by atoms with Crippen molar-refractivity contribution in [1.29, 1.82) is 0 Å². The number of allylic oxidation sites excluding steroid dienone is 5. The Balaban J connectivity index is 1.27. The number of fused-ring (bicyclic) bond motifs is 3. The molecule has 0 spiro atoms. The van der Waals surface area contributed by atoms with Gasteiger partial charge in [0.25, 0.3) is 5.82 Å². The van der Waals surface area contributed by atoms with Crippen molar-refractivity contribution < 1.29 is 19.3 Å². The predicted octanol–water partition coefficient (Wildman–Crippen LogP) is 7.22. The van der Waals surface area contributed by atoms with Gasteiger partial charge in [0.1, 0.15) is 21.9 Å². The van der Waals surface area contributed by atoms with Crippen molar-refractivity contribution in [3.05, 3.63) is 192 Å². The molecule has 0 amide bonds. The number of para-hydroxylation sites is 2. The van der Waals surface area contributed by atoms with Crippen LogP contribution in [0, 0.1) is 10.7 Å². The highest BCUT2D eigenvalue weighted by molar-refractivity contribution is 6.26. The van der Waals surface area contributed by atoms with Crippen LogP contribution in [-0.4, -0.2) is 30.4 Å². The van der Waals surface area contributed by atoms with Gasteiger partial charge in [-0.05, 0) is 101 Å². The molecule has 1 aliphatic heterocycles. The van der Waals surface area contributed by atoms with Crippen molar-refractivity contribution in [1.82, 2.24) is 13.7 Å². The molecule has 0 radical (unpaired) electrons. The molecule has 60 heavy (non-hydrogen) atoms. The summed E-state index contributed by atoms with van der Waals surface area (Å²) in [6.45, 7) is 10.2. The van der Waals surface area contributed by atoms with Gasteiger partial charge in [-0.3, -0.25) is 14.4 Å². The van der Waals surface area contributed by atoms with Crippen LogP contribution in [0.5, 0.6) is 5.75 Å². The first-order chi connectivity index (χ1) is 29.3. The third-order valence-corrected chi connectivity index (χ3v) is 12.1. The number of anilines is 2. The third kappa shape index (κ3) is 5.98. The molecule has 0 atom stereocenters. The number of carbonyl (C=O) groups is 2. The minimum Gasteiger partial charge on any atom is -0.505 e. The summed E-state index contributed by atoms with van der Waals surface area (Å²) in [6, 6.07) is 27.6. The minimum absolute atomic E-state index is 0.0305. The van der Waals surface area contributed by atoms with Crippen LogP contribution in [0.1, 0.15) is 84.0 Å². The second-order valence-corrected chi connectivity index (χ2v) is 15.2. The van der Waals surface area contributed by atoms with Gasteiger partial charge in [-0.2, -0.15) is 0 Å². The van der Waals surface area contributed by atoms with Crippen molar-refractivity contribution in [2.45, 2.75) is 73.1 Å². The van der Waals surface area contributed by atoms with E-state index >= 15 is 0 Å². The van der Waals surface area contributed by atoms with Gasteiger partial charge < -0.3 is 19.1 Å². The van der Waals surface area contributed by atoms with Crippen LogP contribution in [0.25, 0.3) is 18.2 Å². The first-order valence-electron chi connectivity index (χ1n) is 21.1. The fourth-order valence-corrected chi connectivity index (χ4v) is 9.42. The summed E-state index contributed by atoms with van der Waals surface area (Å²) < 4.78 is 8.01. The number of rotatable bonds is 10. The van der Waals surface area contributed by atoms with E-state index < -0.39 is 0 Å². The zero-order valence-electron chi connectivity index (χ0n) is 34.5. The molecule has 9 nitrogen and oxygen atoms in total. The zero-order valence-corrected chi connectivity index (χ0v) is 34.5. The number of aromatic hydroxyl groups is 1. The van der Waals surface area contributed by atoms with Crippen molar-refractivity contribution in [3.8, 4) is 5.75 Å². The number of benzene rings is 3. The van der Waals surface area contributed by atoms with Crippen LogP contribution in [0.4, 0.5) is 11.4 Å². The molecule has 4 aliphatic carbocycles. The normalized spacial score (nSPS) is 15.7. The molecule has 5 aliphatic rings. The summed E-state index contributed by atoms with van der Waals surface area (Å²) in [4.78, 5) is 44.4. The van der Waals surface area contributed by atoms with Gasteiger partial charge >= 0.3 is 0 Å². The highest BCUT2D eigenvalue weighted by atomic mass is 16.3. The zero-order chi connectivity index (χ0) is 41.7. The highest BCUT2D eigenvalue weighted by Crippen LogP contribution is 2.39. The first-order valence-corrected chi connectivity index (χ1v) is 21.1. The molecule has 0 bridgehead atoms. The van der Waals surface area contributed by atoms with Crippen molar-refractivity contribution in [3.63, 3.8) is 0 Å². The number of ketones is 2. The summed E-state index contributed by atoms with van der Waals surface area (Å²) in [6.07, 6.45) is 16.9. The average Bonchev–Trinajstić information content (AvgIpc) is 3.95. The smallest absolute Gasteiger partial charge is 0.282 e. The van der Waals surface area contributed by atoms with Crippen molar-refractivity contribution in [2.24, 2.45) is 0 Å². The van der Waals surface area contributed by atoms with Gasteiger partial charge in [0.05, 0.1) is 18.8 Å². The maximum absolute atomic E-state index is 14.1. The summed E-state index contributed by atoms with van der Waals surface area (Å²) in [5, 5.41) is 13.5. The van der Waals surface area contributed by atoms with Crippen LogP contribution >= 0.6 is 0 Å². The third-order valence-electron chi connectivity index (χ3n) is 12.1. The monoisotopic (exact) mass is 794 g/mol. The van der Waals surface area contributed by atoms with Gasteiger partial charge in [-0.25, -0.2) is 9.13 Å². The molecule has 0 saturated heterocycles. The second-order valence-electron chi connectivity index (χ2n) is 15.2. The molecule has 2 heterocycles. The minimum atomic E-state index is -0.144. The van der Waals surface area contributed by atoms with E-state index in [-0.39, 0.29) is 22.7 Å². The lowest BCUT2D eigenvalue weighted by molar-refractivity contribution is -0.696. The lowest BCUT2D eigenvalue weighted by atomic mass is 9.90. The Labute approximate surface area is 348 Å². The highest BCUT2D eigenvalue weighted by Gasteiger charge is 2.42. The van der Waals surface area contributed by atoms with E-state index in [1.54, 1.807) is 24.3 Å². The molecule has 9 heteroatoms. The van der Waals surface area contributed by atoms with E-state index in [0.717, 1.165) is 57.9 Å². The molecule has 0 saturated carbocycles. The Morgan fingerprint density at radius 2 is 1.33 bits per heavy atom. The largest absolute Gasteiger partial charge is 0.505 e. The van der Waals surface area contributed by atoms with E-state index in [9.17, 15) is 19.5 Å². The molecule has 300 valence electrons. The maximum atomic E-state index is 14.1. The Bertz CT molecular complexity index is 3020. The maximum Gasteiger partial charge on any atom is 0.282 e. The van der Waals surface area contributed by atoms with E-state index in [1.165, 1.54) is 0 Å². The second kappa shape index (κ2) is 15.6. The molecular formula is C51H48N5O4+. The molecule has 1 aromatic heterocycles. The lowest BCUT2D eigenvalue weighted by Gasteiger charge is -2.28. The van der Waals surface area contributed by atoms with E-state index in [0.29, 0.717) is 71.0 Å². The van der Waals surface area contributed by atoms with Gasteiger partial charge in [-0.15, -0.1) is 0 Å². The molecule has 9 rings (SSSR count). The van der Waals surface area contributed by atoms with Gasteiger partial charge in [0.15, 0.2) is 0 Å². The number of nitrogens with zero attached hydrogens (tertiary/aromatic N) is 5. The molecule has 3 aromatic carbocycles. The fraction of sp³-hybridized carbons (Fsp3) is 0.216. The summed E-state index contributed by atoms with van der Waals surface area (Å²) in [5.41, 5.74) is 7.99. The van der Waals surface area contributed by atoms with Gasteiger partial charge in [-0.1, -0.05) is 78.9 Å². The Morgan fingerprint density at radius 1 is 0.717 bits per heavy atom. The average molecular weight is 795 g/mol. The standard InChI is InChI=1S/C51H47N5O4/c1-5-52-41(53(6-2)45-44(52)48(57)37-23-15-16-24-38(37)49(45)58)31-29-33-27-28-34(43(33)56(35-19-11-9-12-20-35)36-21-13-10-14-22-36)30-32-42-54(7-3)46-47(55(42)8-4)51(60)40-26-18-17-25-39(40)50(46)59/h9-16,19-25,27-32H,5-8,17-18,26H2,1-4H3/p+1.